The molecule has 0 bridgehead atoms. The Morgan fingerprint density at radius 2 is 0.667 bits per heavy atom. The lowest BCUT2D eigenvalue weighted by atomic mass is 15.8. The average Bonchev–Trinajstić information content (AvgIpc) is 1.41. The first-order valence-corrected chi connectivity index (χ1v) is 6.54. The molecule has 0 saturated carbocycles. The van der Waals surface area contributed by atoms with Gasteiger partial charge < -0.3 is 14.7 Å². The van der Waals surface area contributed by atoms with Crippen molar-refractivity contribution in [3.8, 4) is 0 Å². The quantitative estimate of drug-likeness (QED) is 0.186. The van der Waals surface area contributed by atoms with Gasteiger partial charge in [0.05, 0.1) is 0 Å². The molecule has 0 aliphatic heterocycles. The van der Waals surface area contributed by atoms with Crippen molar-refractivity contribution in [3.05, 3.63) is 0 Å². The summed E-state index contributed by atoms with van der Waals surface area (Å²) in [4.78, 5) is 21.6. The van der Waals surface area contributed by atoms with Crippen LogP contribution in [0, 0.1) is 0 Å². The average molecular weight is 294 g/mol. The fraction of sp³-hybridized carbons (Fsp3) is 0. The van der Waals surface area contributed by atoms with Gasteiger partial charge in [-0.1, -0.05) is 0 Å². The third-order valence-corrected chi connectivity index (χ3v) is 0. The molecule has 0 amide bonds. The molecular weight excluding hydrogens is 287 g/mol. The number of hydrogen-bond donors (Lipinski definition) is 7. The second kappa shape index (κ2) is 7.18. The molecule has 15 heteroatoms. The minimum Gasteiger partial charge on any atom is -0.303 e. The van der Waals surface area contributed by atoms with Crippen molar-refractivity contribution >= 4 is 28.6 Å². The largest absolute Gasteiger partial charge is 0.466 e. The van der Waals surface area contributed by atoms with E-state index in [0.717, 1.165) is 0 Å². The van der Waals surface area contributed by atoms with E-state index in [1.807, 2.05) is 0 Å². The van der Waals surface area contributed by atoms with Crippen molar-refractivity contribution in [1.82, 2.24) is 0 Å². The fourth-order valence-corrected chi connectivity index (χ4v) is 0. The lowest BCUT2D eigenvalue weighted by Crippen LogP contribution is -1.89. The van der Waals surface area contributed by atoms with E-state index in [-0.39, 0.29) is 0 Å². The zero-order chi connectivity index (χ0) is 13.5. The molecule has 0 aromatic heterocycles. The van der Waals surface area contributed by atoms with Crippen LogP contribution in [0.3, 0.4) is 0 Å². The topological polar surface area (TPSA) is 227 Å². The lowest BCUT2D eigenvalue weighted by Gasteiger charge is -1.82. The molecule has 15 heavy (non-hydrogen) atoms. The summed E-state index contributed by atoms with van der Waals surface area (Å²) in [6.45, 7) is 0. The van der Waals surface area contributed by atoms with Crippen molar-refractivity contribution in [2.75, 3.05) is 0 Å². The van der Waals surface area contributed by atoms with Gasteiger partial charge in [-0.25, -0.2) is 4.57 Å². The Bertz CT molecular complexity index is 321. The molecule has 7 N–H and O–H groups in total. The molecule has 0 radical (unpaired) electrons. The van der Waals surface area contributed by atoms with Gasteiger partial charge in [0.1, 0.15) is 0 Å². The standard InChI is InChI=1S/H3O4P.2H2O4S/c3*1-5(2,3)4/h(H3,1,2,3,4);2*(H2,1,2,3,4). The van der Waals surface area contributed by atoms with Crippen molar-refractivity contribution in [3.63, 3.8) is 0 Å². The normalized spacial score (nSPS) is 11.7. The van der Waals surface area contributed by atoms with Crippen molar-refractivity contribution in [2.24, 2.45) is 0 Å². The van der Waals surface area contributed by atoms with Gasteiger partial charge in [0.2, 0.25) is 0 Å². The van der Waals surface area contributed by atoms with Gasteiger partial charge in [-0.05, 0) is 0 Å². The molecule has 0 rings (SSSR count). The SMILES string of the molecule is O=P(O)(O)O.O=S(=O)(O)O.O=S(=O)(O)O. The minimum atomic E-state index is -4.67. The number of rotatable bonds is 0. The van der Waals surface area contributed by atoms with Gasteiger partial charge in [-0.15, -0.1) is 0 Å². The van der Waals surface area contributed by atoms with E-state index in [1.165, 1.54) is 0 Å². The Kier molecular flexibility index (Phi) is 9.71. The molecule has 96 valence electrons. The Labute approximate surface area is 83.6 Å². The summed E-state index contributed by atoms with van der Waals surface area (Å²) < 4.78 is 72.0. The Morgan fingerprint density at radius 1 is 0.667 bits per heavy atom. The highest BCUT2D eigenvalue weighted by atomic mass is 32.3. The fourth-order valence-electron chi connectivity index (χ4n) is 0. The monoisotopic (exact) mass is 294 g/mol. The molecule has 0 aliphatic rings. The van der Waals surface area contributed by atoms with Crippen LogP contribution < -0.4 is 0 Å². The van der Waals surface area contributed by atoms with Crippen LogP contribution in [0.2, 0.25) is 0 Å². The van der Waals surface area contributed by atoms with E-state index >= 15 is 0 Å². The van der Waals surface area contributed by atoms with Gasteiger partial charge in [0.25, 0.3) is 0 Å². The number of phosphoric acid groups is 1. The Hall–Kier alpha value is -0.150. The summed E-state index contributed by atoms with van der Waals surface area (Å²) in [7, 11) is -14.0. The molecule has 0 heterocycles. The zero-order valence-electron chi connectivity index (χ0n) is 6.44. The molecule has 0 saturated heterocycles. The van der Waals surface area contributed by atoms with E-state index < -0.39 is 28.6 Å². The minimum absolute atomic E-state index is 4.64. The van der Waals surface area contributed by atoms with E-state index in [9.17, 15) is 0 Å². The van der Waals surface area contributed by atoms with Gasteiger partial charge in [-0.3, -0.25) is 18.2 Å². The van der Waals surface area contributed by atoms with E-state index in [0.29, 0.717) is 0 Å². The van der Waals surface area contributed by atoms with Crippen LogP contribution in [0.25, 0.3) is 0 Å². The van der Waals surface area contributed by atoms with E-state index in [1.54, 1.807) is 0 Å². The first-order valence-electron chi connectivity index (χ1n) is 2.18. The highest BCUT2D eigenvalue weighted by Crippen LogP contribution is 2.25. The number of hydrogen-bond acceptors (Lipinski definition) is 5. The molecule has 0 fully saturated rings. The molecular formula is H7O12PS2. The summed E-state index contributed by atoms with van der Waals surface area (Å²) in [5.41, 5.74) is 0. The smallest absolute Gasteiger partial charge is 0.303 e. The maximum Gasteiger partial charge on any atom is 0.466 e. The van der Waals surface area contributed by atoms with Crippen LogP contribution in [0.4, 0.5) is 0 Å². The molecule has 0 aromatic carbocycles. The van der Waals surface area contributed by atoms with Gasteiger partial charge in [-0.2, -0.15) is 16.8 Å². The van der Waals surface area contributed by atoms with Crippen LogP contribution in [0.5, 0.6) is 0 Å². The van der Waals surface area contributed by atoms with Gasteiger partial charge in [0.15, 0.2) is 0 Å². The third-order valence-electron chi connectivity index (χ3n) is 0. The highest BCUT2D eigenvalue weighted by Gasteiger charge is 2.00. The Balaban J connectivity index is -0.000000144. The van der Waals surface area contributed by atoms with Gasteiger partial charge in [0, 0.05) is 0 Å². The van der Waals surface area contributed by atoms with Crippen LogP contribution in [-0.2, 0) is 25.4 Å². The van der Waals surface area contributed by atoms with Crippen molar-refractivity contribution in [2.45, 2.75) is 0 Å². The second-order valence-corrected chi connectivity index (χ2v) is 4.23. The summed E-state index contributed by atoms with van der Waals surface area (Å²) >= 11 is 0. The molecule has 0 aromatic rings. The summed E-state index contributed by atoms with van der Waals surface area (Å²) in [5, 5.41) is 0. The summed E-state index contributed by atoms with van der Waals surface area (Å²) in [5.74, 6) is 0. The van der Waals surface area contributed by atoms with Crippen LogP contribution >= 0.6 is 7.82 Å². The predicted octanol–water partition coefficient (Wildman–Crippen LogP) is -2.23. The highest BCUT2D eigenvalue weighted by molar-refractivity contribution is 7.80. The first-order chi connectivity index (χ1) is 6.00. The van der Waals surface area contributed by atoms with Crippen LogP contribution in [0.15, 0.2) is 0 Å². The summed E-state index contributed by atoms with van der Waals surface area (Å²) in [6, 6.07) is 0. The molecule has 0 spiro atoms. The summed E-state index contributed by atoms with van der Waals surface area (Å²) in [6.07, 6.45) is 0. The maximum atomic E-state index is 8.88. The zero-order valence-corrected chi connectivity index (χ0v) is 8.96. The molecule has 0 aliphatic carbocycles. The van der Waals surface area contributed by atoms with E-state index in [2.05, 4.69) is 0 Å². The van der Waals surface area contributed by atoms with E-state index in [4.69, 9.17) is 54.3 Å². The predicted molar refractivity (Wildman–Crippen MR) is 42.6 cm³/mol. The molecule has 0 unspecified atom stereocenters. The molecule has 12 nitrogen and oxygen atoms in total. The van der Waals surface area contributed by atoms with Gasteiger partial charge >= 0.3 is 28.6 Å². The van der Waals surface area contributed by atoms with Crippen molar-refractivity contribution < 1.29 is 54.3 Å². The Morgan fingerprint density at radius 3 is 0.667 bits per heavy atom. The first kappa shape index (κ1) is 20.3. The second-order valence-electron chi connectivity index (χ2n) is 1.41. The maximum absolute atomic E-state index is 8.88. The third kappa shape index (κ3) is 86400. The van der Waals surface area contributed by atoms with Crippen LogP contribution in [-0.4, -0.2) is 49.7 Å². The van der Waals surface area contributed by atoms with Crippen LogP contribution in [0.1, 0.15) is 0 Å². The molecule has 0 atom stereocenters. The van der Waals surface area contributed by atoms with Crippen molar-refractivity contribution in [1.29, 1.82) is 0 Å². The lowest BCUT2D eigenvalue weighted by molar-refractivity contribution is 0.275.